The normalized spacial score (nSPS) is 18.2. The van der Waals surface area contributed by atoms with E-state index >= 15 is 0 Å². The minimum Gasteiger partial charge on any atom is -0.390 e. The molecule has 1 atom stereocenters. The van der Waals surface area contributed by atoms with Crippen LogP contribution in [0.1, 0.15) is 11.1 Å². The fraction of sp³-hybridized carbons (Fsp3) is 0.500. The van der Waals surface area contributed by atoms with E-state index in [4.69, 9.17) is 5.73 Å². The molecule has 1 aliphatic heterocycles. The second-order valence-electron chi connectivity index (χ2n) is 4.29. The number of rotatable bonds is 3. The van der Waals surface area contributed by atoms with Gasteiger partial charge < -0.3 is 10.8 Å². The van der Waals surface area contributed by atoms with Crippen LogP contribution < -0.4 is 5.73 Å². The molecule has 0 amide bonds. The van der Waals surface area contributed by atoms with Gasteiger partial charge in [-0.15, -0.1) is 0 Å². The zero-order valence-corrected chi connectivity index (χ0v) is 9.19. The molecule has 0 saturated carbocycles. The maximum absolute atomic E-state index is 13.1. The van der Waals surface area contributed by atoms with Crippen molar-refractivity contribution in [2.45, 2.75) is 19.1 Å². The Morgan fingerprint density at radius 1 is 1.44 bits per heavy atom. The lowest BCUT2D eigenvalue weighted by molar-refractivity contribution is 0.111. The predicted octanol–water partition coefficient (Wildman–Crippen LogP) is 0.503. The molecule has 0 radical (unpaired) electrons. The number of hydrogen-bond donors (Lipinski definition) is 2. The lowest BCUT2D eigenvalue weighted by atomic mass is 9.99. The quantitative estimate of drug-likeness (QED) is 0.786. The Balaban J connectivity index is 2.05. The minimum absolute atomic E-state index is 0.194. The van der Waals surface area contributed by atoms with Crippen molar-refractivity contribution < 1.29 is 9.50 Å². The Morgan fingerprint density at radius 3 is 3.00 bits per heavy atom. The molecule has 2 rings (SSSR count). The number of β-amino-alcohol motifs (C(OH)–C–C–N with tert-alkyl or cyclic N) is 1. The first kappa shape index (κ1) is 11.5. The summed E-state index contributed by atoms with van der Waals surface area (Å²) >= 11 is 0. The number of benzene rings is 1. The van der Waals surface area contributed by atoms with Crippen molar-refractivity contribution in [2.75, 3.05) is 19.6 Å². The van der Waals surface area contributed by atoms with Crippen molar-refractivity contribution in [3.63, 3.8) is 0 Å². The summed E-state index contributed by atoms with van der Waals surface area (Å²) < 4.78 is 13.1. The first-order valence-corrected chi connectivity index (χ1v) is 5.57. The van der Waals surface area contributed by atoms with Crippen LogP contribution in [0, 0.1) is 5.82 Å². The third kappa shape index (κ3) is 2.58. The highest BCUT2D eigenvalue weighted by atomic mass is 19.1. The minimum atomic E-state index is -0.491. The monoisotopic (exact) mass is 224 g/mol. The van der Waals surface area contributed by atoms with Gasteiger partial charge in [0.05, 0.1) is 6.10 Å². The van der Waals surface area contributed by atoms with Crippen LogP contribution in [0.15, 0.2) is 18.2 Å². The van der Waals surface area contributed by atoms with Gasteiger partial charge in [-0.25, -0.2) is 4.39 Å². The molecule has 1 heterocycles. The standard InChI is InChI=1S/C12H17FN2O/c13-11-2-1-9-3-4-15(7-10(9)5-11)8-12(16)6-14/h1-2,5,12,16H,3-4,6-8,14H2. The number of nitrogens with zero attached hydrogens (tertiary/aromatic N) is 1. The molecule has 3 nitrogen and oxygen atoms in total. The second-order valence-corrected chi connectivity index (χ2v) is 4.29. The van der Waals surface area contributed by atoms with Crippen LogP contribution in [0.5, 0.6) is 0 Å². The number of hydrogen-bond acceptors (Lipinski definition) is 3. The molecule has 16 heavy (non-hydrogen) atoms. The Bertz CT molecular complexity index is 370. The van der Waals surface area contributed by atoms with Gasteiger partial charge in [0.15, 0.2) is 0 Å². The third-order valence-electron chi connectivity index (χ3n) is 3.00. The summed E-state index contributed by atoms with van der Waals surface area (Å²) in [6.45, 7) is 2.43. The van der Waals surface area contributed by atoms with Crippen molar-refractivity contribution in [2.24, 2.45) is 5.73 Å². The van der Waals surface area contributed by atoms with Crippen LogP contribution >= 0.6 is 0 Å². The molecule has 88 valence electrons. The van der Waals surface area contributed by atoms with E-state index in [2.05, 4.69) is 4.90 Å². The summed E-state index contributed by atoms with van der Waals surface area (Å²) in [5.41, 5.74) is 7.60. The topological polar surface area (TPSA) is 49.5 Å². The van der Waals surface area contributed by atoms with Gasteiger partial charge in [-0.1, -0.05) is 6.07 Å². The van der Waals surface area contributed by atoms with Crippen LogP contribution in [0.2, 0.25) is 0 Å². The van der Waals surface area contributed by atoms with Gasteiger partial charge in [0.2, 0.25) is 0 Å². The Labute approximate surface area is 94.7 Å². The fourth-order valence-electron chi connectivity index (χ4n) is 2.11. The summed E-state index contributed by atoms with van der Waals surface area (Å²) in [5, 5.41) is 9.47. The van der Waals surface area contributed by atoms with E-state index in [1.54, 1.807) is 6.07 Å². The van der Waals surface area contributed by atoms with Crippen molar-refractivity contribution >= 4 is 0 Å². The van der Waals surface area contributed by atoms with Crippen LogP contribution in [0.4, 0.5) is 4.39 Å². The Kier molecular flexibility index (Phi) is 3.53. The zero-order chi connectivity index (χ0) is 11.5. The summed E-state index contributed by atoms with van der Waals surface area (Å²) in [7, 11) is 0. The van der Waals surface area contributed by atoms with Gasteiger partial charge in [-0.2, -0.15) is 0 Å². The zero-order valence-electron chi connectivity index (χ0n) is 9.19. The summed E-state index contributed by atoms with van der Waals surface area (Å²) in [5.74, 6) is -0.194. The Hall–Kier alpha value is -0.970. The van der Waals surface area contributed by atoms with Crippen molar-refractivity contribution in [3.05, 3.63) is 35.1 Å². The van der Waals surface area contributed by atoms with Crippen LogP contribution in [-0.2, 0) is 13.0 Å². The largest absolute Gasteiger partial charge is 0.390 e. The first-order chi connectivity index (χ1) is 7.69. The van der Waals surface area contributed by atoms with Gasteiger partial charge >= 0.3 is 0 Å². The molecule has 0 bridgehead atoms. The molecule has 1 aromatic carbocycles. The van der Waals surface area contributed by atoms with E-state index < -0.39 is 6.10 Å². The van der Waals surface area contributed by atoms with Crippen molar-refractivity contribution in [1.82, 2.24) is 4.90 Å². The summed E-state index contributed by atoms with van der Waals surface area (Å²) in [6, 6.07) is 4.93. The van der Waals surface area contributed by atoms with Crippen molar-refractivity contribution in [3.8, 4) is 0 Å². The molecule has 0 saturated heterocycles. The Morgan fingerprint density at radius 2 is 2.25 bits per heavy atom. The summed E-state index contributed by atoms with van der Waals surface area (Å²) in [4.78, 5) is 2.11. The van der Waals surface area contributed by atoms with E-state index in [9.17, 15) is 9.50 Å². The first-order valence-electron chi connectivity index (χ1n) is 5.57. The van der Waals surface area contributed by atoms with E-state index in [0.29, 0.717) is 13.1 Å². The number of aliphatic hydroxyl groups is 1. The molecule has 1 unspecified atom stereocenters. The van der Waals surface area contributed by atoms with Gasteiger partial charge in [0.1, 0.15) is 5.82 Å². The van der Waals surface area contributed by atoms with Crippen LogP contribution in [0.25, 0.3) is 0 Å². The second kappa shape index (κ2) is 4.91. The molecule has 0 aromatic heterocycles. The molecule has 0 aliphatic carbocycles. The number of nitrogens with two attached hydrogens (primary N) is 1. The molecule has 0 fully saturated rings. The van der Waals surface area contributed by atoms with E-state index in [1.165, 1.54) is 11.6 Å². The molecule has 0 spiro atoms. The van der Waals surface area contributed by atoms with Gasteiger partial charge in [0.25, 0.3) is 0 Å². The van der Waals surface area contributed by atoms with E-state index in [1.807, 2.05) is 6.07 Å². The van der Waals surface area contributed by atoms with E-state index in [-0.39, 0.29) is 12.4 Å². The van der Waals surface area contributed by atoms with Crippen LogP contribution in [0.3, 0.4) is 0 Å². The molecular formula is C12H17FN2O. The fourth-order valence-corrected chi connectivity index (χ4v) is 2.11. The predicted molar refractivity (Wildman–Crippen MR) is 60.4 cm³/mol. The van der Waals surface area contributed by atoms with Gasteiger partial charge in [-0.05, 0) is 29.7 Å². The molecule has 3 N–H and O–H groups in total. The summed E-state index contributed by atoms with van der Waals surface area (Å²) in [6.07, 6.45) is 0.419. The smallest absolute Gasteiger partial charge is 0.123 e. The van der Waals surface area contributed by atoms with Gasteiger partial charge in [0, 0.05) is 26.2 Å². The average molecular weight is 224 g/mol. The highest BCUT2D eigenvalue weighted by Crippen LogP contribution is 2.19. The highest BCUT2D eigenvalue weighted by molar-refractivity contribution is 5.29. The lowest BCUT2D eigenvalue weighted by Gasteiger charge is -2.30. The maximum Gasteiger partial charge on any atom is 0.123 e. The SMILES string of the molecule is NCC(O)CN1CCc2ccc(F)cc2C1. The number of halogens is 1. The average Bonchev–Trinajstić information content (AvgIpc) is 2.28. The van der Waals surface area contributed by atoms with Gasteiger partial charge in [-0.3, -0.25) is 4.90 Å². The number of fused-ring (bicyclic) bond motifs is 1. The lowest BCUT2D eigenvalue weighted by Crippen LogP contribution is -2.39. The number of aliphatic hydroxyl groups excluding tert-OH is 1. The third-order valence-corrected chi connectivity index (χ3v) is 3.00. The van der Waals surface area contributed by atoms with Crippen molar-refractivity contribution in [1.29, 1.82) is 0 Å². The van der Waals surface area contributed by atoms with E-state index in [0.717, 1.165) is 18.5 Å². The molecule has 1 aromatic rings. The maximum atomic E-state index is 13.1. The molecule has 1 aliphatic rings. The molecule has 4 heteroatoms. The highest BCUT2D eigenvalue weighted by Gasteiger charge is 2.18. The molecular weight excluding hydrogens is 207 g/mol. The van der Waals surface area contributed by atoms with Crippen LogP contribution in [-0.4, -0.2) is 35.7 Å².